The molecule has 0 atom stereocenters. The average Bonchev–Trinajstić information content (AvgIpc) is 1.97. The molecule has 0 radical (unpaired) electrons. The van der Waals surface area contributed by atoms with E-state index in [0.29, 0.717) is 0 Å². The molecule has 0 N–H and O–H groups in total. The summed E-state index contributed by atoms with van der Waals surface area (Å²) in [6, 6.07) is 0. The molecule has 0 aromatic heterocycles. The molecule has 10 heavy (non-hydrogen) atoms. The highest BCUT2D eigenvalue weighted by Crippen LogP contribution is 1.86. The Balaban J connectivity index is 3.15. The summed E-state index contributed by atoms with van der Waals surface area (Å²) in [4.78, 5) is 4.15. The summed E-state index contributed by atoms with van der Waals surface area (Å²) < 4.78 is 0. The number of aliphatic imine (C=N–C) groups is 1. The lowest BCUT2D eigenvalue weighted by molar-refractivity contribution is 0.936. The molecular formula is C9H17N. The van der Waals surface area contributed by atoms with Gasteiger partial charge >= 0.3 is 0 Å². The third-order valence-corrected chi connectivity index (χ3v) is 1.14. The molecule has 0 amide bonds. The Bertz CT molecular complexity index is 89.3. The molecule has 1 heteroatoms. The standard InChI is InChI=1S/C9H17N/c1-3-5-6-7-9-10-8-4-2/h6-7,9H,3-5,8H2,1-2H3/b7-6-,10-9?. The minimum Gasteiger partial charge on any atom is -0.293 e. The van der Waals surface area contributed by atoms with Crippen LogP contribution in [0.2, 0.25) is 0 Å². The van der Waals surface area contributed by atoms with Crippen molar-refractivity contribution < 1.29 is 0 Å². The molecule has 0 saturated heterocycles. The topological polar surface area (TPSA) is 12.4 Å². The second-order valence-corrected chi connectivity index (χ2v) is 2.27. The molecule has 0 spiro atoms. The fourth-order valence-corrected chi connectivity index (χ4v) is 0.588. The van der Waals surface area contributed by atoms with E-state index in [4.69, 9.17) is 0 Å². The monoisotopic (exact) mass is 139 g/mol. The Labute approximate surface area is 63.9 Å². The zero-order chi connectivity index (χ0) is 7.66. The van der Waals surface area contributed by atoms with E-state index in [2.05, 4.69) is 24.9 Å². The van der Waals surface area contributed by atoms with E-state index in [1.54, 1.807) is 0 Å². The average molecular weight is 139 g/mol. The van der Waals surface area contributed by atoms with Crippen LogP contribution in [-0.4, -0.2) is 12.8 Å². The highest BCUT2D eigenvalue weighted by Gasteiger charge is 1.71. The van der Waals surface area contributed by atoms with Crippen molar-refractivity contribution in [2.45, 2.75) is 33.1 Å². The van der Waals surface area contributed by atoms with Crippen LogP contribution in [-0.2, 0) is 0 Å². The van der Waals surface area contributed by atoms with E-state index in [1.165, 1.54) is 6.42 Å². The van der Waals surface area contributed by atoms with Crippen molar-refractivity contribution >= 4 is 6.21 Å². The zero-order valence-electron chi connectivity index (χ0n) is 7.01. The van der Waals surface area contributed by atoms with E-state index in [1.807, 2.05) is 12.3 Å². The number of hydrogen-bond donors (Lipinski definition) is 0. The van der Waals surface area contributed by atoms with Gasteiger partial charge in [0.15, 0.2) is 0 Å². The van der Waals surface area contributed by atoms with E-state index < -0.39 is 0 Å². The molecule has 58 valence electrons. The quantitative estimate of drug-likeness (QED) is 0.519. The second kappa shape index (κ2) is 8.41. The summed E-state index contributed by atoms with van der Waals surface area (Å²) in [6.45, 7) is 5.26. The molecule has 1 nitrogen and oxygen atoms in total. The molecule has 0 aliphatic heterocycles. The third-order valence-electron chi connectivity index (χ3n) is 1.14. The van der Waals surface area contributed by atoms with Crippen LogP contribution >= 0.6 is 0 Å². The first-order chi connectivity index (χ1) is 4.91. The molecule has 0 aliphatic carbocycles. The van der Waals surface area contributed by atoms with Crippen molar-refractivity contribution in [1.82, 2.24) is 0 Å². The lowest BCUT2D eigenvalue weighted by atomic mass is 10.3. The lowest BCUT2D eigenvalue weighted by Gasteiger charge is -1.82. The van der Waals surface area contributed by atoms with Crippen molar-refractivity contribution in [3.8, 4) is 0 Å². The van der Waals surface area contributed by atoms with Gasteiger partial charge in [0, 0.05) is 12.8 Å². The number of unbranched alkanes of at least 4 members (excludes halogenated alkanes) is 1. The van der Waals surface area contributed by atoms with Gasteiger partial charge in [0.05, 0.1) is 0 Å². The minimum atomic E-state index is 0.955. The maximum Gasteiger partial charge on any atom is 0.0386 e. The van der Waals surface area contributed by atoms with Gasteiger partial charge in [-0.15, -0.1) is 0 Å². The van der Waals surface area contributed by atoms with E-state index in [9.17, 15) is 0 Å². The fraction of sp³-hybridized carbons (Fsp3) is 0.667. The number of rotatable bonds is 5. The second-order valence-electron chi connectivity index (χ2n) is 2.27. The van der Waals surface area contributed by atoms with Crippen molar-refractivity contribution in [2.24, 2.45) is 4.99 Å². The van der Waals surface area contributed by atoms with Gasteiger partial charge in [0.1, 0.15) is 0 Å². The minimum absolute atomic E-state index is 0.955. The van der Waals surface area contributed by atoms with Crippen LogP contribution in [0.15, 0.2) is 17.1 Å². The zero-order valence-corrected chi connectivity index (χ0v) is 7.01. The highest BCUT2D eigenvalue weighted by atomic mass is 14.7. The van der Waals surface area contributed by atoms with Crippen LogP contribution in [0.3, 0.4) is 0 Å². The van der Waals surface area contributed by atoms with Crippen LogP contribution in [0.5, 0.6) is 0 Å². The van der Waals surface area contributed by atoms with Crippen molar-refractivity contribution in [1.29, 1.82) is 0 Å². The highest BCUT2D eigenvalue weighted by molar-refractivity contribution is 5.70. The predicted molar refractivity (Wildman–Crippen MR) is 47.7 cm³/mol. The van der Waals surface area contributed by atoms with Gasteiger partial charge in [-0.2, -0.15) is 0 Å². The molecule has 0 heterocycles. The maximum absolute atomic E-state index is 4.15. The first-order valence-electron chi connectivity index (χ1n) is 4.06. The molecule has 0 bridgehead atoms. The normalized spacial score (nSPS) is 11.8. The van der Waals surface area contributed by atoms with Crippen molar-refractivity contribution in [2.75, 3.05) is 6.54 Å². The fourth-order valence-electron chi connectivity index (χ4n) is 0.588. The maximum atomic E-state index is 4.15. The SMILES string of the molecule is CCC/C=C\C=NCCC. The largest absolute Gasteiger partial charge is 0.293 e. The van der Waals surface area contributed by atoms with Crippen molar-refractivity contribution in [3.05, 3.63) is 12.2 Å². The molecule has 0 saturated carbocycles. The van der Waals surface area contributed by atoms with Crippen LogP contribution in [0.1, 0.15) is 33.1 Å². The molecule has 0 rings (SSSR count). The third kappa shape index (κ3) is 7.41. The summed E-state index contributed by atoms with van der Waals surface area (Å²) in [5.41, 5.74) is 0. The lowest BCUT2D eigenvalue weighted by Crippen LogP contribution is -1.74. The molecule has 0 aliphatic rings. The number of allylic oxidation sites excluding steroid dienone is 2. The summed E-state index contributed by atoms with van der Waals surface area (Å²) in [7, 11) is 0. The van der Waals surface area contributed by atoms with Crippen LogP contribution < -0.4 is 0 Å². The van der Waals surface area contributed by atoms with Gasteiger partial charge in [0.25, 0.3) is 0 Å². The molecule has 0 aromatic rings. The van der Waals surface area contributed by atoms with Gasteiger partial charge < -0.3 is 0 Å². The molecular weight excluding hydrogens is 122 g/mol. The van der Waals surface area contributed by atoms with E-state index in [-0.39, 0.29) is 0 Å². The van der Waals surface area contributed by atoms with E-state index >= 15 is 0 Å². The van der Waals surface area contributed by atoms with Crippen LogP contribution in [0.25, 0.3) is 0 Å². The number of nitrogens with zero attached hydrogens (tertiary/aromatic N) is 1. The Hall–Kier alpha value is -0.590. The Morgan fingerprint density at radius 1 is 1.20 bits per heavy atom. The predicted octanol–water partition coefficient (Wildman–Crippen LogP) is 2.82. The molecule has 0 fully saturated rings. The molecule has 0 aromatic carbocycles. The Morgan fingerprint density at radius 3 is 2.60 bits per heavy atom. The van der Waals surface area contributed by atoms with Gasteiger partial charge in [-0.3, -0.25) is 4.99 Å². The van der Waals surface area contributed by atoms with Gasteiger partial charge in [-0.1, -0.05) is 26.3 Å². The first kappa shape index (κ1) is 9.41. The van der Waals surface area contributed by atoms with Crippen LogP contribution in [0.4, 0.5) is 0 Å². The summed E-state index contributed by atoms with van der Waals surface area (Å²) in [5, 5.41) is 0. The Kier molecular flexibility index (Phi) is 7.91. The number of hydrogen-bond acceptors (Lipinski definition) is 1. The van der Waals surface area contributed by atoms with Gasteiger partial charge in [0.2, 0.25) is 0 Å². The summed E-state index contributed by atoms with van der Waals surface area (Å²) >= 11 is 0. The van der Waals surface area contributed by atoms with E-state index in [0.717, 1.165) is 19.4 Å². The summed E-state index contributed by atoms with van der Waals surface area (Å²) in [6.07, 6.45) is 9.59. The smallest absolute Gasteiger partial charge is 0.0386 e. The van der Waals surface area contributed by atoms with Gasteiger partial charge in [-0.25, -0.2) is 0 Å². The first-order valence-corrected chi connectivity index (χ1v) is 4.06. The Morgan fingerprint density at radius 2 is 2.00 bits per heavy atom. The van der Waals surface area contributed by atoms with Gasteiger partial charge in [-0.05, 0) is 18.9 Å². The molecule has 0 unspecified atom stereocenters. The summed E-state index contributed by atoms with van der Waals surface area (Å²) in [5.74, 6) is 0. The van der Waals surface area contributed by atoms with Crippen LogP contribution in [0, 0.1) is 0 Å². The van der Waals surface area contributed by atoms with Crippen molar-refractivity contribution in [3.63, 3.8) is 0 Å².